The lowest BCUT2D eigenvalue weighted by molar-refractivity contribution is 0.198. The second-order valence-electron chi connectivity index (χ2n) is 18.3. The number of rotatable bonds is 7. The van der Waals surface area contributed by atoms with Crippen molar-refractivity contribution in [2.24, 2.45) is 15.9 Å². The normalized spacial score (nSPS) is 26.7. The van der Waals surface area contributed by atoms with Crippen LogP contribution in [-0.4, -0.2) is 40.2 Å². The summed E-state index contributed by atoms with van der Waals surface area (Å²) in [5, 5.41) is 8.36. The van der Waals surface area contributed by atoms with Crippen LogP contribution < -0.4 is 10.6 Å². The Hall–Kier alpha value is -5.59. The summed E-state index contributed by atoms with van der Waals surface area (Å²) in [5.41, 5.74) is 17.8. The standard InChI is InChI=1S/C56H55N5S/c1-5-17-36(18-6-1)40-29-30-42(37-19-7-2-8-20-37)46(33-40)41-34-47(55-59-53(38-21-9-3-10-22-38)58-54(60-55)39-23-11-4-12-24-39)56(57-35-41)61-48-27-15-13-26-45(48)51-49(61)32-31-44-43-25-14-16-28-50(43)62-52(44)51/h3-4,7,9-12,16-17,19-24,26,28-30,33-35,44,48,52,55-57H,1-2,5-6,8,13-15,18,25,27,31-32H2,(H,58,59,60). The molecule has 62 heavy (non-hydrogen) atoms. The molecule has 0 spiro atoms. The summed E-state index contributed by atoms with van der Waals surface area (Å²) in [7, 11) is 0. The van der Waals surface area contributed by atoms with Crippen molar-refractivity contribution in [3.63, 3.8) is 0 Å². The highest BCUT2D eigenvalue weighted by molar-refractivity contribution is 8.04. The maximum absolute atomic E-state index is 5.59. The van der Waals surface area contributed by atoms with Gasteiger partial charge in [-0.05, 0) is 146 Å². The van der Waals surface area contributed by atoms with Crippen molar-refractivity contribution in [2.75, 3.05) is 0 Å². The summed E-state index contributed by atoms with van der Waals surface area (Å²) in [6.07, 6.45) is 36.6. The first-order valence-electron chi connectivity index (χ1n) is 23.5. The number of aliphatic imine (C=N–C) groups is 2. The molecule has 4 unspecified atom stereocenters. The lowest BCUT2D eigenvalue weighted by Crippen LogP contribution is -2.52. The molecule has 0 bridgehead atoms. The van der Waals surface area contributed by atoms with E-state index in [1.807, 2.05) is 0 Å². The second kappa shape index (κ2) is 16.3. The number of benzene rings is 3. The molecule has 0 radical (unpaired) electrons. The van der Waals surface area contributed by atoms with E-state index in [0.717, 1.165) is 54.9 Å². The van der Waals surface area contributed by atoms with E-state index in [2.05, 4.69) is 161 Å². The van der Waals surface area contributed by atoms with Gasteiger partial charge in [-0.2, -0.15) is 0 Å². The van der Waals surface area contributed by atoms with E-state index >= 15 is 0 Å². The third kappa shape index (κ3) is 6.77. The molecular weight excluding hydrogens is 775 g/mol. The molecule has 4 atom stereocenters. The molecule has 0 fully saturated rings. The summed E-state index contributed by atoms with van der Waals surface area (Å²) in [6.45, 7) is 0. The van der Waals surface area contributed by atoms with Crippen molar-refractivity contribution in [1.29, 1.82) is 0 Å². The Labute approximate surface area is 371 Å². The van der Waals surface area contributed by atoms with Gasteiger partial charge in [-0.3, -0.25) is 0 Å². The van der Waals surface area contributed by atoms with Gasteiger partial charge in [0, 0.05) is 38.8 Å². The summed E-state index contributed by atoms with van der Waals surface area (Å²) in [4.78, 5) is 15.6. The zero-order chi connectivity index (χ0) is 41.0. The van der Waals surface area contributed by atoms with Crippen molar-refractivity contribution in [1.82, 2.24) is 15.5 Å². The summed E-state index contributed by atoms with van der Waals surface area (Å²) < 4.78 is 0. The van der Waals surface area contributed by atoms with Crippen LogP contribution in [0.15, 0.2) is 177 Å². The smallest absolute Gasteiger partial charge is 0.169 e. The summed E-state index contributed by atoms with van der Waals surface area (Å²) in [5.74, 6) is 2.37. The number of hydrogen-bond donors (Lipinski definition) is 2. The maximum Gasteiger partial charge on any atom is 0.169 e. The van der Waals surface area contributed by atoms with Gasteiger partial charge in [0.15, 0.2) is 6.17 Å². The predicted molar refractivity (Wildman–Crippen MR) is 259 cm³/mol. The first kappa shape index (κ1) is 38.1. The van der Waals surface area contributed by atoms with Crippen molar-refractivity contribution < 1.29 is 0 Å². The zero-order valence-corrected chi connectivity index (χ0v) is 36.3. The molecule has 2 N–H and O–H groups in total. The highest BCUT2D eigenvalue weighted by Crippen LogP contribution is 2.59. The van der Waals surface area contributed by atoms with Crippen LogP contribution in [0.5, 0.6) is 0 Å². The molecule has 9 aliphatic rings. The first-order valence-corrected chi connectivity index (χ1v) is 24.3. The molecule has 6 heteroatoms. The van der Waals surface area contributed by atoms with Gasteiger partial charge in [-0.15, -0.1) is 11.8 Å². The van der Waals surface area contributed by atoms with E-state index in [1.54, 1.807) is 27.3 Å². The van der Waals surface area contributed by atoms with Crippen LogP contribution in [0.4, 0.5) is 0 Å². The molecule has 0 aromatic heterocycles. The van der Waals surface area contributed by atoms with Gasteiger partial charge < -0.3 is 15.5 Å². The largest absolute Gasteiger partial charge is 0.367 e. The number of dihydropyridines is 1. The van der Waals surface area contributed by atoms with Crippen LogP contribution in [0.2, 0.25) is 0 Å². The minimum atomic E-state index is -0.443. The van der Waals surface area contributed by atoms with E-state index in [0.29, 0.717) is 17.2 Å². The lowest BCUT2D eigenvalue weighted by Gasteiger charge is -2.43. The molecule has 310 valence electrons. The lowest BCUT2D eigenvalue weighted by atomic mass is 9.77. The molecular formula is C56H55N5S. The Morgan fingerprint density at radius 2 is 1.47 bits per heavy atom. The Balaban J connectivity index is 1.03. The average molecular weight is 830 g/mol. The van der Waals surface area contributed by atoms with Gasteiger partial charge in [0.05, 0.1) is 6.04 Å². The molecule has 0 saturated carbocycles. The fraction of sp³-hybridized carbons (Fsp3) is 0.321. The molecule has 0 saturated heterocycles. The second-order valence-corrected chi connectivity index (χ2v) is 19.4. The zero-order valence-electron chi connectivity index (χ0n) is 35.5. The molecule has 5 nitrogen and oxygen atoms in total. The number of nitrogens with zero attached hydrogens (tertiary/aromatic N) is 3. The Morgan fingerprint density at radius 3 is 2.24 bits per heavy atom. The molecule has 3 aromatic carbocycles. The fourth-order valence-corrected chi connectivity index (χ4v) is 13.4. The number of fused-ring (bicyclic) bond motifs is 5. The van der Waals surface area contributed by atoms with Crippen LogP contribution in [0.1, 0.15) is 111 Å². The van der Waals surface area contributed by atoms with Gasteiger partial charge in [0.2, 0.25) is 0 Å². The van der Waals surface area contributed by atoms with Crippen LogP contribution in [-0.2, 0) is 0 Å². The number of nitrogens with one attached hydrogen (secondary N) is 2. The predicted octanol–water partition coefficient (Wildman–Crippen LogP) is 12.6. The Kier molecular flexibility index (Phi) is 10.0. The highest BCUT2D eigenvalue weighted by atomic mass is 32.2. The topological polar surface area (TPSA) is 52.0 Å². The third-order valence-corrected chi connectivity index (χ3v) is 16.1. The van der Waals surface area contributed by atoms with Crippen LogP contribution >= 0.6 is 11.8 Å². The number of thioether (sulfide) groups is 1. The van der Waals surface area contributed by atoms with Gasteiger partial charge in [0.25, 0.3) is 0 Å². The Bertz CT molecular complexity index is 2610. The van der Waals surface area contributed by atoms with Gasteiger partial charge >= 0.3 is 0 Å². The monoisotopic (exact) mass is 829 g/mol. The summed E-state index contributed by atoms with van der Waals surface area (Å²) in [6, 6.07) is 28.8. The molecule has 3 aromatic rings. The Morgan fingerprint density at radius 1 is 0.661 bits per heavy atom. The molecule has 0 amide bonds. The van der Waals surface area contributed by atoms with E-state index in [4.69, 9.17) is 9.98 Å². The average Bonchev–Trinajstić information content (AvgIpc) is 3.90. The van der Waals surface area contributed by atoms with Crippen LogP contribution in [0.25, 0.3) is 16.7 Å². The minimum Gasteiger partial charge on any atom is -0.367 e. The minimum absolute atomic E-state index is 0.102. The molecule has 4 heterocycles. The highest BCUT2D eigenvalue weighted by Gasteiger charge is 2.51. The number of hydrogen-bond acceptors (Lipinski definition) is 6. The van der Waals surface area contributed by atoms with Crippen LogP contribution in [0.3, 0.4) is 0 Å². The SMILES string of the molecule is C1=CC(c2ccc(C3=CCCCC3)cc2C2=CNC(N3C4=C(C5=CCCCC53)C3SC5=C(CCC=C5)C3CC4)C(C3N=C(c4ccccc4)NC(c4ccccc4)=N3)=C2)=CCC1. The van der Waals surface area contributed by atoms with E-state index < -0.39 is 6.17 Å². The number of allylic oxidation sites excluding steroid dienone is 13. The van der Waals surface area contributed by atoms with Gasteiger partial charge in [0.1, 0.15) is 17.8 Å². The molecule has 5 aliphatic carbocycles. The van der Waals surface area contributed by atoms with E-state index in [1.165, 1.54) is 90.3 Å². The van der Waals surface area contributed by atoms with Gasteiger partial charge in [-0.1, -0.05) is 121 Å². The van der Waals surface area contributed by atoms with Crippen molar-refractivity contribution >= 4 is 40.2 Å². The van der Waals surface area contributed by atoms with Gasteiger partial charge in [-0.25, -0.2) is 9.98 Å². The maximum atomic E-state index is 5.59. The van der Waals surface area contributed by atoms with Crippen molar-refractivity contribution in [2.45, 2.75) is 107 Å². The van der Waals surface area contributed by atoms with Crippen molar-refractivity contribution in [3.05, 3.63) is 194 Å². The van der Waals surface area contributed by atoms with Crippen molar-refractivity contribution in [3.8, 4) is 0 Å². The summed E-state index contributed by atoms with van der Waals surface area (Å²) >= 11 is 2.16. The van der Waals surface area contributed by atoms with E-state index in [9.17, 15) is 0 Å². The quantitative estimate of drug-likeness (QED) is 0.249. The number of amidine groups is 2. The third-order valence-electron chi connectivity index (χ3n) is 14.6. The molecule has 12 rings (SSSR count). The molecule has 4 aliphatic heterocycles. The van der Waals surface area contributed by atoms with E-state index in [-0.39, 0.29) is 6.17 Å². The fourth-order valence-electron chi connectivity index (χ4n) is 11.7. The van der Waals surface area contributed by atoms with Crippen LogP contribution in [0, 0.1) is 5.92 Å². The first-order chi connectivity index (χ1) is 30.7.